The van der Waals surface area contributed by atoms with Crippen molar-refractivity contribution in [3.05, 3.63) is 45.8 Å². The third kappa shape index (κ3) is 3.78. The number of carboxylic acids is 2. The number of aromatic carboxylic acids is 1. The standard InChI is InChI=1S/C18H16N4O7S2/c23-15(18(26)27)21-16-12(17(24)25)9-5-6-19-10(13(9)30-16)7-20-14-8-3-1-2-4-11(8)31(28,29)22-14/h1-4,10,19H,5-7H2,(H,20,22)(H,21,23)(H,24,25)(H,26,27). The Bertz CT molecular complexity index is 1250. The fourth-order valence-electron chi connectivity index (χ4n) is 3.53. The lowest BCUT2D eigenvalue weighted by Crippen LogP contribution is -2.32. The highest BCUT2D eigenvalue weighted by atomic mass is 32.2. The maximum Gasteiger partial charge on any atom is 0.394 e. The Morgan fingerprint density at radius 3 is 2.68 bits per heavy atom. The number of carbonyl (C=O) groups excluding carboxylic acids is 1. The molecular formula is C18H16N4O7S2. The van der Waals surface area contributed by atoms with Crippen LogP contribution in [0.5, 0.6) is 0 Å². The van der Waals surface area contributed by atoms with E-state index >= 15 is 0 Å². The van der Waals surface area contributed by atoms with Gasteiger partial charge in [-0.2, -0.15) is 0 Å². The van der Waals surface area contributed by atoms with E-state index in [-0.39, 0.29) is 27.8 Å². The molecular weight excluding hydrogens is 448 g/mol. The first-order valence-corrected chi connectivity index (χ1v) is 11.3. The second-order valence-electron chi connectivity index (χ2n) is 6.76. The molecule has 1 aromatic heterocycles. The van der Waals surface area contributed by atoms with E-state index in [2.05, 4.69) is 20.3 Å². The second kappa shape index (κ2) is 7.76. The van der Waals surface area contributed by atoms with Crippen molar-refractivity contribution < 1.29 is 33.0 Å². The molecule has 1 aromatic carbocycles. The van der Waals surface area contributed by atoms with Crippen LogP contribution in [0.4, 0.5) is 5.00 Å². The monoisotopic (exact) mass is 464 g/mol. The van der Waals surface area contributed by atoms with Crippen molar-refractivity contribution in [1.82, 2.24) is 10.0 Å². The molecule has 1 atom stereocenters. The highest BCUT2D eigenvalue weighted by Crippen LogP contribution is 2.39. The van der Waals surface area contributed by atoms with E-state index in [1.165, 1.54) is 6.07 Å². The normalized spacial score (nSPS) is 19.9. The van der Waals surface area contributed by atoms with E-state index in [4.69, 9.17) is 5.11 Å². The average molecular weight is 464 g/mol. The predicted octanol–water partition coefficient (Wildman–Crippen LogP) is 0.395. The van der Waals surface area contributed by atoms with E-state index in [1.807, 2.05) is 0 Å². The van der Waals surface area contributed by atoms with E-state index in [0.29, 0.717) is 29.0 Å². The molecule has 11 nitrogen and oxygen atoms in total. The molecule has 2 aromatic rings. The molecule has 0 saturated carbocycles. The molecule has 0 spiro atoms. The van der Waals surface area contributed by atoms with Gasteiger partial charge in [0.2, 0.25) is 0 Å². The molecule has 3 heterocycles. The van der Waals surface area contributed by atoms with Gasteiger partial charge in [0.25, 0.3) is 10.0 Å². The summed E-state index contributed by atoms with van der Waals surface area (Å²) in [6.07, 6.45) is 0.374. The molecule has 1 amide bonds. The number of thiophene rings is 1. The van der Waals surface area contributed by atoms with Gasteiger partial charge in [0.15, 0.2) is 0 Å². The van der Waals surface area contributed by atoms with Crippen LogP contribution in [0.25, 0.3) is 0 Å². The maximum absolute atomic E-state index is 12.2. The second-order valence-corrected chi connectivity index (χ2v) is 9.46. The van der Waals surface area contributed by atoms with Gasteiger partial charge < -0.3 is 20.8 Å². The number of nitrogens with one attached hydrogen (secondary N) is 3. The number of hydrogen-bond donors (Lipinski definition) is 5. The fourth-order valence-corrected chi connectivity index (χ4v) is 6.08. The molecule has 0 aliphatic carbocycles. The zero-order valence-corrected chi connectivity index (χ0v) is 17.3. The molecule has 31 heavy (non-hydrogen) atoms. The van der Waals surface area contributed by atoms with Crippen LogP contribution in [0.2, 0.25) is 0 Å². The SMILES string of the molecule is O=C(O)C(=O)Nc1sc2c(c1C(=O)O)CCNC2CN=C1NS(=O)(=O)c2ccccc21. The van der Waals surface area contributed by atoms with Gasteiger partial charge in [0.1, 0.15) is 10.8 Å². The van der Waals surface area contributed by atoms with Crippen molar-refractivity contribution >= 4 is 50.0 Å². The van der Waals surface area contributed by atoms with Gasteiger partial charge in [-0.25, -0.2) is 18.0 Å². The number of anilines is 1. The number of aliphatic imine (C=N–C) groups is 1. The van der Waals surface area contributed by atoms with Crippen molar-refractivity contribution in [3.8, 4) is 0 Å². The van der Waals surface area contributed by atoms with Crippen LogP contribution >= 0.6 is 11.3 Å². The molecule has 13 heteroatoms. The quantitative estimate of drug-likeness (QED) is 0.404. The van der Waals surface area contributed by atoms with Gasteiger partial charge in [-0.05, 0) is 30.7 Å². The van der Waals surface area contributed by atoms with E-state index in [9.17, 15) is 27.9 Å². The number of aliphatic carboxylic acids is 1. The molecule has 0 radical (unpaired) electrons. The topological polar surface area (TPSA) is 174 Å². The van der Waals surface area contributed by atoms with Gasteiger partial charge >= 0.3 is 17.8 Å². The van der Waals surface area contributed by atoms with Crippen LogP contribution in [0.1, 0.15) is 32.4 Å². The Morgan fingerprint density at radius 1 is 1.23 bits per heavy atom. The van der Waals surface area contributed by atoms with Crippen molar-refractivity contribution in [3.63, 3.8) is 0 Å². The summed E-state index contributed by atoms with van der Waals surface area (Å²) in [5.41, 5.74) is 0.806. The lowest BCUT2D eigenvalue weighted by molar-refractivity contribution is -0.147. The number of hydrogen-bond acceptors (Lipinski definition) is 8. The zero-order chi connectivity index (χ0) is 22.3. The molecule has 1 unspecified atom stereocenters. The molecule has 2 aliphatic rings. The maximum atomic E-state index is 12.2. The van der Waals surface area contributed by atoms with Crippen LogP contribution < -0.4 is 15.4 Å². The largest absolute Gasteiger partial charge is 0.478 e. The Kier molecular flexibility index (Phi) is 5.24. The van der Waals surface area contributed by atoms with Crippen LogP contribution in [-0.4, -0.2) is 55.4 Å². The van der Waals surface area contributed by atoms with Gasteiger partial charge in [-0.1, -0.05) is 12.1 Å². The molecule has 5 N–H and O–H groups in total. The number of carbonyl (C=O) groups is 3. The number of amides is 1. The minimum absolute atomic E-state index is 0.0573. The fraction of sp³-hybridized carbons (Fsp3) is 0.222. The van der Waals surface area contributed by atoms with E-state index in [1.54, 1.807) is 18.2 Å². The van der Waals surface area contributed by atoms with Gasteiger partial charge in [-0.3, -0.25) is 14.5 Å². The lowest BCUT2D eigenvalue weighted by Gasteiger charge is -2.23. The summed E-state index contributed by atoms with van der Waals surface area (Å²) in [5, 5.41) is 23.7. The first kappa shape index (κ1) is 21.0. The zero-order valence-electron chi connectivity index (χ0n) is 15.7. The number of rotatable bonds is 4. The van der Waals surface area contributed by atoms with Gasteiger partial charge in [0, 0.05) is 10.4 Å². The number of benzene rings is 1. The minimum Gasteiger partial charge on any atom is -0.478 e. The molecule has 0 saturated heterocycles. The van der Waals surface area contributed by atoms with Crippen molar-refractivity contribution in [2.75, 3.05) is 18.4 Å². The summed E-state index contributed by atoms with van der Waals surface area (Å²) in [5.74, 6) is -4.14. The molecule has 0 fully saturated rings. The summed E-state index contributed by atoms with van der Waals surface area (Å²) in [6.45, 7) is 0.541. The Hall–Kier alpha value is -3.29. The highest BCUT2D eigenvalue weighted by Gasteiger charge is 2.33. The van der Waals surface area contributed by atoms with Crippen molar-refractivity contribution in [2.24, 2.45) is 4.99 Å². The Morgan fingerprint density at radius 2 is 1.97 bits per heavy atom. The predicted molar refractivity (Wildman–Crippen MR) is 110 cm³/mol. The third-order valence-electron chi connectivity index (χ3n) is 4.85. The summed E-state index contributed by atoms with van der Waals surface area (Å²) in [6, 6.07) is 5.99. The van der Waals surface area contributed by atoms with Crippen LogP contribution in [0.15, 0.2) is 34.2 Å². The number of fused-ring (bicyclic) bond motifs is 2. The van der Waals surface area contributed by atoms with Crippen molar-refractivity contribution in [2.45, 2.75) is 17.4 Å². The number of carboxylic acid groups (broad SMARTS) is 2. The van der Waals surface area contributed by atoms with Gasteiger partial charge in [-0.15, -0.1) is 11.3 Å². The van der Waals surface area contributed by atoms with Gasteiger partial charge in [0.05, 0.1) is 23.0 Å². The molecule has 0 bridgehead atoms. The molecule has 2 aliphatic heterocycles. The molecule has 162 valence electrons. The van der Waals surface area contributed by atoms with Crippen LogP contribution in [-0.2, 0) is 26.0 Å². The van der Waals surface area contributed by atoms with Crippen LogP contribution in [0.3, 0.4) is 0 Å². The summed E-state index contributed by atoms with van der Waals surface area (Å²) in [7, 11) is -3.68. The Labute approximate surface area is 179 Å². The minimum atomic E-state index is -3.68. The highest BCUT2D eigenvalue weighted by molar-refractivity contribution is 7.90. The smallest absolute Gasteiger partial charge is 0.394 e. The lowest BCUT2D eigenvalue weighted by atomic mass is 9.99. The number of nitrogens with zero attached hydrogens (tertiary/aromatic N) is 1. The van der Waals surface area contributed by atoms with Crippen molar-refractivity contribution in [1.29, 1.82) is 0 Å². The summed E-state index contributed by atoms with van der Waals surface area (Å²) >= 11 is 0.965. The third-order valence-corrected chi connectivity index (χ3v) is 7.51. The first-order chi connectivity index (χ1) is 14.7. The first-order valence-electron chi connectivity index (χ1n) is 9.02. The summed E-state index contributed by atoms with van der Waals surface area (Å²) in [4.78, 5) is 39.3. The Balaban J connectivity index is 1.67. The van der Waals surface area contributed by atoms with E-state index in [0.717, 1.165) is 11.3 Å². The summed E-state index contributed by atoms with van der Waals surface area (Å²) < 4.78 is 26.9. The number of amidine groups is 1. The average Bonchev–Trinajstić information content (AvgIpc) is 3.21. The molecule has 4 rings (SSSR count). The van der Waals surface area contributed by atoms with E-state index < -0.39 is 33.9 Å². The van der Waals surface area contributed by atoms with Crippen LogP contribution in [0, 0.1) is 0 Å². The number of sulfonamides is 1.